The number of esters is 2. The van der Waals surface area contributed by atoms with Gasteiger partial charge in [0.1, 0.15) is 11.1 Å². The van der Waals surface area contributed by atoms with Crippen LogP contribution in [0.1, 0.15) is 76.1 Å². The van der Waals surface area contributed by atoms with Gasteiger partial charge in [-0.1, -0.05) is 81.0 Å². The van der Waals surface area contributed by atoms with Crippen molar-refractivity contribution in [3.05, 3.63) is 96.2 Å². The summed E-state index contributed by atoms with van der Waals surface area (Å²) in [5.74, 6) is -1.22. The average Bonchev–Trinajstić information content (AvgIpc) is 3.45. The maximum atomic E-state index is 14.4. The smallest absolute Gasteiger partial charge is 0.338 e. The van der Waals surface area contributed by atoms with Gasteiger partial charge in [-0.25, -0.2) is 9.79 Å². The number of allylic oxidation sites excluding steroid dienone is 1. The normalized spacial score (nSPS) is 17.1. The van der Waals surface area contributed by atoms with Crippen molar-refractivity contribution >= 4 is 40.4 Å². The molecule has 2 aliphatic heterocycles. The summed E-state index contributed by atoms with van der Waals surface area (Å²) in [6.45, 7) is 9.74. The molecule has 0 bridgehead atoms. The molecule has 0 N–H and O–H groups in total. The number of hydrogen-bond donors (Lipinski definition) is 0. The van der Waals surface area contributed by atoms with Crippen LogP contribution in [0, 0.1) is 0 Å². The monoisotopic (exact) mass is 601 g/mol. The van der Waals surface area contributed by atoms with E-state index in [-0.39, 0.29) is 29.9 Å². The molecular formula is C33H35N3O6S. The quantitative estimate of drug-likeness (QED) is 0.344. The van der Waals surface area contributed by atoms with Gasteiger partial charge < -0.3 is 9.47 Å². The minimum Gasteiger partial charge on any atom is -0.465 e. The van der Waals surface area contributed by atoms with Crippen LogP contribution in [0.5, 0.6) is 0 Å². The number of rotatable bonds is 9. The van der Waals surface area contributed by atoms with Crippen LogP contribution in [-0.4, -0.2) is 42.2 Å². The van der Waals surface area contributed by atoms with Gasteiger partial charge in [0.2, 0.25) is 0 Å². The van der Waals surface area contributed by atoms with E-state index in [9.17, 15) is 19.2 Å². The van der Waals surface area contributed by atoms with Gasteiger partial charge in [0.25, 0.3) is 11.5 Å². The number of anilines is 1. The molecule has 0 fully saturated rings. The van der Waals surface area contributed by atoms with Crippen molar-refractivity contribution in [1.82, 2.24) is 4.57 Å². The highest BCUT2D eigenvalue weighted by Gasteiger charge is 2.38. The average molecular weight is 602 g/mol. The second-order valence-corrected chi connectivity index (χ2v) is 11.6. The first-order valence-corrected chi connectivity index (χ1v) is 15.4. The molecule has 5 rings (SSSR count). The van der Waals surface area contributed by atoms with E-state index >= 15 is 0 Å². The molecule has 3 aromatic rings. The largest absolute Gasteiger partial charge is 0.465 e. The predicted molar refractivity (Wildman–Crippen MR) is 165 cm³/mol. The summed E-state index contributed by atoms with van der Waals surface area (Å²) >= 11 is 1.12. The Labute approximate surface area is 253 Å². The predicted octanol–water partition coefficient (Wildman–Crippen LogP) is 3.98. The molecule has 0 saturated heterocycles. The molecule has 0 radical (unpaired) electrons. The van der Waals surface area contributed by atoms with E-state index in [2.05, 4.69) is 13.8 Å². The molecule has 1 amide bonds. The van der Waals surface area contributed by atoms with Gasteiger partial charge in [0.15, 0.2) is 4.80 Å². The van der Waals surface area contributed by atoms with Crippen molar-refractivity contribution in [2.45, 2.75) is 59.4 Å². The van der Waals surface area contributed by atoms with Crippen LogP contribution >= 0.6 is 11.3 Å². The Bertz CT molecular complexity index is 1800. The molecule has 9 nitrogen and oxygen atoms in total. The van der Waals surface area contributed by atoms with Crippen molar-refractivity contribution in [2.75, 3.05) is 24.7 Å². The number of amides is 1. The molecule has 3 heterocycles. The number of ether oxygens (including phenoxy) is 2. The third-order valence-electron chi connectivity index (χ3n) is 7.53. The maximum Gasteiger partial charge on any atom is 0.338 e. The van der Waals surface area contributed by atoms with Crippen molar-refractivity contribution < 1.29 is 23.9 Å². The molecule has 1 atom stereocenters. The summed E-state index contributed by atoms with van der Waals surface area (Å²) < 4.78 is 12.3. The van der Waals surface area contributed by atoms with Gasteiger partial charge in [0, 0.05) is 5.56 Å². The second-order valence-electron chi connectivity index (χ2n) is 10.6. The number of thiazole rings is 1. The van der Waals surface area contributed by atoms with Crippen LogP contribution in [0.15, 0.2) is 69.6 Å². The Morgan fingerprint density at radius 3 is 2.33 bits per heavy atom. The molecule has 2 aromatic carbocycles. The van der Waals surface area contributed by atoms with E-state index in [0.29, 0.717) is 39.7 Å². The zero-order chi connectivity index (χ0) is 30.8. The van der Waals surface area contributed by atoms with Crippen LogP contribution < -0.4 is 19.8 Å². The van der Waals surface area contributed by atoms with Crippen molar-refractivity contribution in [2.24, 2.45) is 4.99 Å². The summed E-state index contributed by atoms with van der Waals surface area (Å²) in [5.41, 5.74) is 3.62. The molecule has 0 unspecified atom stereocenters. The third kappa shape index (κ3) is 5.47. The van der Waals surface area contributed by atoms with Crippen LogP contribution in [0.4, 0.5) is 5.69 Å². The number of carbonyl (C=O) groups excluding carboxylic acids is 3. The third-order valence-corrected chi connectivity index (χ3v) is 8.58. The highest BCUT2D eigenvalue weighted by atomic mass is 32.1. The second kappa shape index (κ2) is 12.5. The Morgan fingerprint density at radius 1 is 0.977 bits per heavy atom. The van der Waals surface area contributed by atoms with Crippen molar-refractivity contribution in [3.8, 4) is 0 Å². The summed E-state index contributed by atoms with van der Waals surface area (Å²) in [7, 11) is 0. The number of fused-ring (bicyclic) bond motifs is 2. The minimum absolute atomic E-state index is 0.177. The SMILES string of the molecule is CCCC1=C(C(=O)OCC)[C@H](c2ccc(C(C)C)cc2)n2c(s/c(=C3/C(=O)N(CC(=O)OCC)c4ccccc43)c2=O)=N1. The lowest BCUT2D eigenvalue weighted by atomic mass is 9.92. The summed E-state index contributed by atoms with van der Waals surface area (Å²) in [5, 5.41) is 0. The number of para-hydroxylation sites is 1. The molecule has 0 saturated carbocycles. The topological polar surface area (TPSA) is 107 Å². The molecule has 43 heavy (non-hydrogen) atoms. The van der Waals surface area contributed by atoms with Gasteiger partial charge >= 0.3 is 11.9 Å². The van der Waals surface area contributed by atoms with Crippen LogP contribution in [-0.2, 0) is 23.9 Å². The van der Waals surface area contributed by atoms with Gasteiger partial charge in [-0.05, 0) is 43.4 Å². The lowest BCUT2D eigenvalue weighted by Crippen LogP contribution is -2.41. The lowest BCUT2D eigenvalue weighted by molar-refractivity contribution is -0.142. The van der Waals surface area contributed by atoms with Gasteiger partial charge in [-0.3, -0.25) is 23.9 Å². The molecule has 10 heteroatoms. The fourth-order valence-corrected chi connectivity index (χ4v) is 6.65. The Kier molecular flexibility index (Phi) is 8.77. The number of carbonyl (C=O) groups is 3. The molecule has 0 spiro atoms. The number of nitrogens with zero attached hydrogens (tertiary/aromatic N) is 3. The first-order valence-electron chi connectivity index (χ1n) is 14.6. The number of benzene rings is 2. The standard InChI is InChI=1S/C33H35N3O6S/c1-6-11-23-27(32(40)42-8-3)28(21-16-14-20(15-17-21)19(4)5)36-31(39)29(43-33(36)34-23)26-22-12-9-10-13-24(22)35(30(26)38)18-25(37)41-7-2/h9-10,12-17,19,28H,6-8,11,18H2,1-5H3/b29-26+/t28-/m0/s1. The zero-order valence-electron chi connectivity index (χ0n) is 25.0. The Balaban J connectivity index is 1.78. The van der Waals surface area contributed by atoms with Gasteiger partial charge in [-0.2, -0.15) is 0 Å². The van der Waals surface area contributed by atoms with Crippen LogP contribution in [0.2, 0.25) is 0 Å². The summed E-state index contributed by atoms with van der Waals surface area (Å²) in [4.78, 5) is 60.7. The summed E-state index contributed by atoms with van der Waals surface area (Å²) in [6.07, 6.45) is 1.25. The molecule has 1 aromatic heterocycles. The fraction of sp³-hybridized carbons (Fsp3) is 0.364. The molecule has 0 aliphatic carbocycles. The summed E-state index contributed by atoms with van der Waals surface area (Å²) in [6, 6.07) is 14.2. The number of hydrogen-bond acceptors (Lipinski definition) is 8. The highest BCUT2D eigenvalue weighted by molar-refractivity contribution is 7.07. The Morgan fingerprint density at radius 2 is 1.67 bits per heavy atom. The first-order chi connectivity index (χ1) is 20.7. The van der Waals surface area contributed by atoms with Crippen LogP contribution in [0.25, 0.3) is 5.57 Å². The Hall–Kier alpha value is -4.31. The fourth-order valence-electron chi connectivity index (χ4n) is 5.54. The maximum absolute atomic E-state index is 14.4. The van der Waals surface area contributed by atoms with E-state index in [1.807, 2.05) is 31.2 Å². The highest BCUT2D eigenvalue weighted by Crippen LogP contribution is 2.36. The van der Waals surface area contributed by atoms with Crippen LogP contribution in [0.3, 0.4) is 0 Å². The van der Waals surface area contributed by atoms with E-state index in [1.54, 1.807) is 38.1 Å². The van der Waals surface area contributed by atoms with E-state index in [0.717, 1.165) is 28.9 Å². The molecule has 224 valence electrons. The van der Waals surface area contributed by atoms with Gasteiger partial charge in [0.05, 0.1) is 41.8 Å². The first kappa shape index (κ1) is 30.2. The van der Waals surface area contributed by atoms with E-state index < -0.39 is 29.4 Å². The number of aromatic nitrogens is 1. The zero-order valence-corrected chi connectivity index (χ0v) is 25.8. The lowest BCUT2D eigenvalue weighted by Gasteiger charge is -2.26. The van der Waals surface area contributed by atoms with E-state index in [4.69, 9.17) is 14.5 Å². The molecular weight excluding hydrogens is 566 g/mol. The van der Waals surface area contributed by atoms with Gasteiger partial charge in [-0.15, -0.1) is 0 Å². The van der Waals surface area contributed by atoms with E-state index in [1.165, 1.54) is 9.47 Å². The minimum atomic E-state index is -0.783. The van der Waals surface area contributed by atoms with Crippen molar-refractivity contribution in [3.63, 3.8) is 0 Å². The van der Waals surface area contributed by atoms with Crippen molar-refractivity contribution in [1.29, 1.82) is 0 Å². The molecule has 2 aliphatic rings.